The van der Waals surface area contributed by atoms with Crippen LogP contribution in [0.3, 0.4) is 0 Å². The molecule has 3 N–H and O–H groups in total. The number of hydrogen-bond donors (Lipinski definition) is 3. The van der Waals surface area contributed by atoms with E-state index in [9.17, 15) is 10.2 Å². The van der Waals surface area contributed by atoms with Crippen molar-refractivity contribution in [3.8, 4) is 0 Å². The summed E-state index contributed by atoms with van der Waals surface area (Å²) in [7, 11) is 0. The van der Waals surface area contributed by atoms with Crippen LogP contribution in [0.15, 0.2) is 18.2 Å². The van der Waals surface area contributed by atoms with Crippen LogP contribution < -0.4 is 5.32 Å². The van der Waals surface area contributed by atoms with Gasteiger partial charge in [-0.15, -0.1) is 0 Å². The van der Waals surface area contributed by atoms with E-state index in [2.05, 4.69) is 5.32 Å². The summed E-state index contributed by atoms with van der Waals surface area (Å²) in [4.78, 5) is 0. The molecule has 2 rings (SSSR count). The third kappa shape index (κ3) is 3.86. The third-order valence-electron chi connectivity index (χ3n) is 4.15. The smallest absolute Gasteiger partial charge is 0.0929 e. The van der Waals surface area contributed by atoms with Crippen molar-refractivity contribution in [3.05, 3.63) is 33.8 Å². The van der Waals surface area contributed by atoms with Crippen LogP contribution >= 0.6 is 23.2 Å². The number of nitrogens with one attached hydrogen (secondary N) is 1. The Hall–Kier alpha value is -0.320. The summed E-state index contributed by atoms with van der Waals surface area (Å²) in [6.07, 6.45) is 3.74. The minimum Gasteiger partial charge on any atom is -0.396 e. The molecule has 1 fully saturated rings. The number of aliphatic hydroxyl groups excluding tert-OH is 2. The van der Waals surface area contributed by atoms with E-state index in [-0.39, 0.29) is 12.0 Å². The highest BCUT2D eigenvalue weighted by molar-refractivity contribution is 6.33. The summed E-state index contributed by atoms with van der Waals surface area (Å²) in [5.74, 6) is 0. The molecule has 1 unspecified atom stereocenters. The fourth-order valence-electron chi connectivity index (χ4n) is 2.87. The number of halogens is 2. The van der Waals surface area contributed by atoms with E-state index in [1.54, 1.807) is 18.2 Å². The minimum atomic E-state index is -0.696. The molecule has 0 bridgehead atoms. The molecule has 20 heavy (non-hydrogen) atoms. The summed E-state index contributed by atoms with van der Waals surface area (Å²) in [5, 5.41) is 24.1. The first-order chi connectivity index (χ1) is 9.56. The lowest BCUT2D eigenvalue weighted by molar-refractivity contribution is 0.117. The number of aliphatic hydroxyl groups is 2. The lowest BCUT2D eigenvalue weighted by Gasteiger charge is -2.27. The van der Waals surface area contributed by atoms with Crippen molar-refractivity contribution in [2.24, 2.45) is 5.41 Å². The molecule has 1 saturated carbocycles. The average Bonchev–Trinajstić information content (AvgIpc) is 2.91. The average molecular weight is 318 g/mol. The quantitative estimate of drug-likeness (QED) is 0.755. The van der Waals surface area contributed by atoms with Crippen LogP contribution in [0.5, 0.6) is 0 Å². The van der Waals surface area contributed by atoms with Crippen LogP contribution in [0.4, 0.5) is 0 Å². The van der Waals surface area contributed by atoms with Gasteiger partial charge in [0.15, 0.2) is 0 Å². The molecule has 1 aliphatic carbocycles. The molecule has 5 heteroatoms. The molecular formula is C15H21Cl2NO2. The normalized spacial score (nSPS) is 19.2. The van der Waals surface area contributed by atoms with E-state index in [0.717, 1.165) is 19.4 Å². The molecule has 1 aromatic carbocycles. The predicted molar refractivity (Wildman–Crippen MR) is 82.3 cm³/mol. The Labute approximate surface area is 129 Å². The molecule has 0 heterocycles. The van der Waals surface area contributed by atoms with Crippen molar-refractivity contribution in [2.75, 3.05) is 19.7 Å². The second kappa shape index (κ2) is 7.10. The lowest BCUT2D eigenvalue weighted by atomic mass is 9.87. The van der Waals surface area contributed by atoms with E-state index in [4.69, 9.17) is 23.2 Å². The zero-order valence-corrected chi connectivity index (χ0v) is 12.9. The second-order valence-electron chi connectivity index (χ2n) is 5.68. The molecule has 0 saturated heterocycles. The van der Waals surface area contributed by atoms with Crippen LogP contribution in [0.25, 0.3) is 0 Å². The fraction of sp³-hybridized carbons (Fsp3) is 0.600. The van der Waals surface area contributed by atoms with Gasteiger partial charge >= 0.3 is 0 Å². The van der Waals surface area contributed by atoms with Crippen LogP contribution in [0.1, 0.15) is 37.4 Å². The van der Waals surface area contributed by atoms with Crippen molar-refractivity contribution in [1.82, 2.24) is 5.32 Å². The van der Waals surface area contributed by atoms with Gasteiger partial charge in [-0.3, -0.25) is 0 Å². The lowest BCUT2D eigenvalue weighted by Crippen LogP contribution is -2.37. The molecule has 0 aromatic heterocycles. The van der Waals surface area contributed by atoms with Gasteiger partial charge in [0, 0.05) is 40.7 Å². The van der Waals surface area contributed by atoms with Crippen LogP contribution in [0, 0.1) is 5.41 Å². The molecule has 0 aliphatic heterocycles. The van der Waals surface area contributed by atoms with Crippen molar-refractivity contribution < 1.29 is 10.2 Å². The Morgan fingerprint density at radius 1 is 1.25 bits per heavy atom. The Morgan fingerprint density at radius 3 is 2.60 bits per heavy atom. The van der Waals surface area contributed by atoms with Gasteiger partial charge in [-0.05, 0) is 31.0 Å². The van der Waals surface area contributed by atoms with E-state index in [0.29, 0.717) is 22.2 Å². The minimum absolute atomic E-state index is 0.0160. The second-order valence-corrected chi connectivity index (χ2v) is 6.52. The van der Waals surface area contributed by atoms with Crippen LogP contribution in [-0.2, 0) is 0 Å². The maximum atomic E-state index is 10.2. The molecule has 1 aromatic rings. The number of hydrogen-bond acceptors (Lipinski definition) is 3. The van der Waals surface area contributed by atoms with Gasteiger partial charge < -0.3 is 15.5 Å². The Balaban J connectivity index is 1.88. The number of rotatable bonds is 6. The first-order valence-corrected chi connectivity index (χ1v) is 7.76. The molecular weight excluding hydrogens is 297 g/mol. The highest BCUT2D eigenvalue weighted by atomic mass is 35.5. The topological polar surface area (TPSA) is 52.5 Å². The Kier molecular flexibility index (Phi) is 5.70. The fourth-order valence-corrected chi connectivity index (χ4v) is 3.29. The first-order valence-electron chi connectivity index (χ1n) is 7.01. The first kappa shape index (κ1) is 16.1. The molecule has 0 radical (unpaired) electrons. The molecule has 0 amide bonds. The van der Waals surface area contributed by atoms with Crippen molar-refractivity contribution in [2.45, 2.75) is 31.8 Å². The van der Waals surface area contributed by atoms with Crippen molar-refractivity contribution >= 4 is 23.2 Å². The van der Waals surface area contributed by atoms with E-state index in [1.165, 1.54) is 12.8 Å². The summed E-state index contributed by atoms with van der Waals surface area (Å²) < 4.78 is 0. The standard InChI is InChI=1S/C15H21Cl2NO2/c16-11-3-4-13(17)12(7-11)14(20)8-18-9-15(10-19)5-1-2-6-15/h3-4,7,14,18-20H,1-2,5-6,8-10H2. The van der Waals surface area contributed by atoms with Gasteiger partial charge in [0.2, 0.25) is 0 Å². The van der Waals surface area contributed by atoms with Gasteiger partial charge in [-0.2, -0.15) is 0 Å². The van der Waals surface area contributed by atoms with E-state index >= 15 is 0 Å². The maximum Gasteiger partial charge on any atom is 0.0929 e. The predicted octanol–water partition coefficient (Wildman–Crippen LogP) is 3.17. The highest BCUT2D eigenvalue weighted by Crippen LogP contribution is 2.37. The largest absolute Gasteiger partial charge is 0.396 e. The van der Waals surface area contributed by atoms with Gasteiger partial charge in [0.25, 0.3) is 0 Å². The Morgan fingerprint density at radius 2 is 1.95 bits per heavy atom. The number of benzene rings is 1. The van der Waals surface area contributed by atoms with Gasteiger partial charge in [-0.1, -0.05) is 36.0 Å². The maximum absolute atomic E-state index is 10.2. The monoisotopic (exact) mass is 317 g/mol. The summed E-state index contributed by atoms with van der Waals surface area (Å²) in [6, 6.07) is 5.08. The molecule has 1 atom stereocenters. The SMILES string of the molecule is OCC1(CNCC(O)c2cc(Cl)ccc2Cl)CCCC1. The van der Waals surface area contributed by atoms with Gasteiger partial charge in [0.1, 0.15) is 0 Å². The third-order valence-corrected chi connectivity index (χ3v) is 4.73. The van der Waals surface area contributed by atoms with Crippen LogP contribution in [-0.4, -0.2) is 29.9 Å². The van der Waals surface area contributed by atoms with Crippen LogP contribution in [0.2, 0.25) is 10.0 Å². The van der Waals surface area contributed by atoms with E-state index < -0.39 is 6.10 Å². The molecule has 0 spiro atoms. The zero-order valence-electron chi connectivity index (χ0n) is 11.4. The van der Waals surface area contributed by atoms with Crippen molar-refractivity contribution in [3.63, 3.8) is 0 Å². The summed E-state index contributed by atoms with van der Waals surface area (Å²) in [6.45, 7) is 1.33. The summed E-state index contributed by atoms with van der Waals surface area (Å²) in [5.41, 5.74) is 0.619. The van der Waals surface area contributed by atoms with Crippen molar-refractivity contribution in [1.29, 1.82) is 0 Å². The Bertz CT molecular complexity index is 447. The zero-order chi connectivity index (χ0) is 14.6. The highest BCUT2D eigenvalue weighted by Gasteiger charge is 2.32. The molecule has 1 aliphatic rings. The molecule has 112 valence electrons. The van der Waals surface area contributed by atoms with Gasteiger partial charge in [-0.25, -0.2) is 0 Å². The summed E-state index contributed by atoms with van der Waals surface area (Å²) >= 11 is 12.0. The molecule has 3 nitrogen and oxygen atoms in total. The van der Waals surface area contributed by atoms with Gasteiger partial charge in [0.05, 0.1) is 6.10 Å². The van der Waals surface area contributed by atoms with E-state index in [1.807, 2.05) is 0 Å².